The monoisotopic (exact) mass is 483 g/mol. The average molecular weight is 484 g/mol. The highest BCUT2D eigenvalue weighted by molar-refractivity contribution is 7.99. The molecule has 4 rings (SSSR count). The van der Waals surface area contributed by atoms with Crippen LogP contribution in [-0.4, -0.2) is 32.5 Å². The Morgan fingerprint density at radius 1 is 1.06 bits per heavy atom. The third-order valence-electron chi connectivity index (χ3n) is 5.37. The lowest BCUT2D eigenvalue weighted by Crippen LogP contribution is -2.32. The standard InChI is InChI=1S/C24H25N3O4S2/c1-31-20-7-4-8-22(15-20)33(29,30)27-19-10-12-21(13-11-19)32-23-14-9-17(16-25-23)24(28)26-18-5-2-3-6-18/h4,7-16,18,27H,2-3,5-6H2,1H3,(H,26,28). The van der Waals surface area contributed by atoms with Gasteiger partial charge in [-0.25, -0.2) is 13.4 Å². The molecule has 3 aromatic rings. The fourth-order valence-corrected chi connectivity index (χ4v) is 5.46. The number of benzene rings is 2. The number of aromatic nitrogens is 1. The third kappa shape index (κ3) is 6.06. The summed E-state index contributed by atoms with van der Waals surface area (Å²) in [5.74, 6) is 0.387. The van der Waals surface area contributed by atoms with Gasteiger partial charge in [0.25, 0.3) is 15.9 Å². The number of anilines is 1. The van der Waals surface area contributed by atoms with Crippen molar-refractivity contribution in [3.63, 3.8) is 0 Å². The number of carbonyl (C=O) groups is 1. The fourth-order valence-electron chi connectivity index (χ4n) is 3.61. The van der Waals surface area contributed by atoms with Gasteiger partial charge in [0.05, 0.1) is 17.6 Å². The minimum absolute atomic E-state index is 0.0846. The molecular formula is C24H25N3O4S2. The number of nitrogens with zero attached hydrogens (tertiary/aromatic N) is 1. The normalized spacial score (nSPS) is 14.1. The van der Waals surface area contributed by atoms with E-state index in [1.54, 1.807) is 36.5 Å². The first kappa shape index (κ1) is 23.1. The predicted molar refractivity (Wildman–Crippen MR) is 128 cm³/mol. The number of methoxy groups -OCH3 is 1. The summed E-state index contributed by atoms with van der Waals surface area (Å²) in [4.78, 5) is 17.8. The van der Waals surface area contributed by atoms with Crippen molar-refractivity contribution >= 4 is 33.4 Å². The fraction of sp³-hybridized carbons (Fsp3) is 0.250. The molecule has 1 aliphatic carbocycles. The first-order valence-electron chi connectivity index (χ1n) is 10.6. The Labute approximate surface area is 198 Å². The molecule has 2 aromatic carbocycles. The Bertz CT molecular complexity index is 1210. The molecule has 1 heterocycles. The molecule has 1 aliphatic rings. The van der Waals surface area contributed by atoms with Gasteiger partial charge >= 0.3 is 0 Å². The Kier molecular flexibility index (Phi) is 7.20. The highest BCUT2D eigenvalue weighted by Gasteiger charge is 2.18. The zero-order valence-electron chi connectivity index (χ0n) is 18.2. The SMILES string of the molecule is COc1cccc(S(=O)(=O)Nc2ccc(Sc3ccc(C(=O)NC4CCCC4)cn3)cc2)c1. The van der Waals surface area contributed by atoms with Crippen LogP contribution in [0.3, 0.4) is 0 Å². The number of hydrogen-bond acceptors (Lipinski definition) is 6. The molecule has 7 nitrogen and oxygen atoms in total. The van der Waals surface area contributed by atoms with Crippen molar-refractivity contribution in [3.05, 3.63) is 72.4 Å². The first-order chi connectivity index (χ1) is 15.9. The van der Waals surface area contributed by atoms with Gasteiger partial charge in [-0.1, -0.05) is 30.7 Å². The van der Waals surface area contributed by atoms with Crippen molar-refractivity contribution in [1.29, 1.82) is 0 Å². The molecule has 33 heavy (non-hydrogen) atoms. The smallest absolute Gasteiger partial charge is 0.262 e. The van der Waals surface area contributed by atoms with E-state index in [2.05, 4.69) is 15.0 Å². The molecule has 2 N–H and O–H groups in total. The topological polar surface area (TPSA) is 97.4 Å². The first-order valence-corrected chi connectivity index (χ1v) is 12.9. The van der Waals surface area contributed by atoms with Crippen LogP contribution in [-0.2, 0) is 10.0 Å². The molecule has 1 aromatic heterocycles. The number of rotatable bonds is 8. The number of hydrogen-bond donors (Lipinski definition) is 2. The molecule has 9 heteroatoms. The Morgan fingerprint density at radius 2 is 1.82 bits per heavy atom. The van der Waals surface area contributed by atoms with Crippen molar-refractivity contribution < 1.29 is 17.9 Å². The third-order valence-corrected chi connectivity index (χ3v) is 7.71. The summed E-state index contributed by atoms with van der Waals surface area (Å²) in [5.41, 5.74) is 1.00. The lowest BCUT2D eigenvalue weighted by molar-refractivity contribution is 0.0937. The summed E-state index contributed by atoms with van der Waals surface area (Å²) in [6, 6.07) is 17.2. The number of nitrogens with one attached hydrogen (secondary N) is 2. The summed E-state index contributed by atoms with van der Waals surface area (Å²) in [7, 11) is -2.24. The van der Waals surface area contributed by atoms with Crippen LogP contribution in [0.15, 0.2) is 81.7 Å². The molecule has 0 unspecified atom stereocenters. The van der Waals surface area contributed by atoms with E-state index in [-0.39, 0.29) is 16.8 Å². The maximum Gasteiger partial charge on any atom is 0.262 e. The molecular weight excluding hydrogens is 458 g/mol. The highest BCUT2D eigenvalue weighted by atomic mass is 32.2. The minimum Gasteiger partial charge on any atom is -0.497 e. The van der Waals surface area contributed by atoms with Gasteiger partial charge in [-0.3, -0.25) is 9.52 Å². The van der Waals surface area contributed by atoms with Crippen LogP contribution in [0.5, 0.6) is 5.75 Å². The zero-order chi connectivity index (χ0) is 23.3. The van der Waals surface area contributed by atoms with Gasteiger partial charge in [-0.2, -0.15) is 0 Å². The van der Waals surface area contributed by atoms with Crippen LogP contribution in [0, 0.1) is 0 Å². The summed E-state index contributed by atoms with van der Waals surface area (Å²) < 4.78 is 32.9. The average Bonchev–Trinajstić information content (AvgIpc) is 3.34. The van der Waals surface area contributed by atoms with E-state index in [0.29, 0.717) is 17.0 Å². The number of ether oxygens (including phenoxy) is 1. The summed E-state index contributed by atoms with van der Waals surface area (Å²) in [6.07, 6.45) is 6.00. The second-order valence-electron chi connectivity index (χ2n) is 7.75. The van der Waals surface area contributed by atoms with Crippen molar-refractivity contribution in [1.82, 2.24) is 10.3 Å². The highest BCUT2D eigenvalue weighted by Crippen LogP contribution is 2.28. The van der Waals surface area contributed by atoms with Crippen LogP contribution in [0.25, 0.3) is 0 Å². The van der Waals surface area contributed by atoms with E-state index in [4.69, 9.17) is 4.74 Å². The number of pyridine rings is 1. The van der Waals surface area contributed by atoms with Crippen molar-refractivity contribution in [2.45, 2.75) is 46.5 Å². The van der Waals surface area contributed by atoms with E-state index in [0.717, 1.165) is 22.8 Å². The lowest BCUT2D eigenvalue weighted by atomic mass is 10.2. The van der Waals surface area contributed by atoms with Crippen molar-refractivity contribution in [2.24, 2.45) is 0 Å². The Balaban J connectivity index is 1.36. The molecule has 1 amide bonds. The van der Waals surface area contributed by atoms with Gasteiger partial charge in [-0.05, 0) is 61.4 Å². The predicted octanol–water partition coefficient (Wildman–Crippen LogP) is 4.71. The maximum absolute atomic E-state index is 12.6. The second kappa shape index (κ2) is 10.3. The Hall–Kier alpha value is -3.04. The van der Waals surface area contributed by atoms with Gasteiger partial charge in [-0.15, -0.1) is 0 Å². The molecule has 172 valence electrons. The molecule has 0 bridgehead atoms. The number of amides is 1. The van der Waals surface area contributed by atoms with Crippen molar-refractivity contribution in [2.75, 3.05) is 11.8 Å². The molecule has 0 aliphatic heterocycles. The van der Waals surface area contributed by atoms with Crippen LogP contribution in [0.4, 0.5) is 5.69 Å². The molecule has 1 fully saturated rings. The van der Waals surface area contributed by atoms with Crippen molar-refractivity contribution in [3.8, 4) is 5.75 Å². The Morgan fingerprint density at radius 3 is 2.48 bits per heavy atom. The molecule has 1 saturated carbocycles. The second-order valence-corrected chi connectivity index (χ2v) is 10.5. The van der Waals surface area contributed by atoms with Crippen LogP contribution in [0.1, 0.15) is 36.0 Å². The van der Waals surface area contributed by atoms with E-state index in [1.165, 1.54) is 43.8 Å². The summed E-state index contributed by atoms with van der Waals surface area (Å²) in [5, 5.41) is 3.81. The number of sulfonamides is 1. The minimum atomic E-state index is -3.73. The summed E-state index contributed by atoms with van der Waals surface area (Å²) in [6.45, 7) is 0. The quantitative estimate of drug-likeness (QED) is 0.481. The molecule has 0 saturated heterocycles. The van der Waals surface area contributed by atoms with E-state index in [1.807, 2.05) is 18.2 Å². The van der Waals surface area contributed by atoms with Gasteiger partial charge in [0.15, 0.2) is 0 Å². The van der Waals surface area contributed by atoms with E-state index >= 15 is 0 Å². The molecule has 0 spiro atoms. The van der Waals surface area contributed by atoms with Gasteiger partial charge in [0.2, 0.25) is 0 Å². The van der Waals surface area contributed by atoms with Crippen LogP contribution < -0.4 is 14.8 Å². The zero-order valence-corrected chi connectivity index (χ0v) is 19.8. The van der Waals surface area contributed by atoms with Crippen LogP contribution >= 0.6 is 11.8 Å². The van der Waals surface area contributed by atoms with Gasteiger partial charge in [0.1, 0.15) is 10.8 Å². The molecule has 0 atom stereocenters. The summed E-state index contributed by atoms with van der Waals surface area (Å²) >= 11 is 1.43. The maximum atomic E-state index is 12.6. The van der Waals surface area contributed by atoms with Gasteiger partial charge in [0, 0.05) is 28.9 Å². The van der Waals surface area contributed by atoms with Gasteiger partial charge < -0.3 is 10.1 Å². The lowest BCUT2D eigenvalue weighted by Gasteiger charge is -2.12. The van der Waals surface area contributed by atoms with E-state index < -0.39 is 10.0 Å². The largest absolute Gasteiger partial charge is 0.497 e. The van der Waals surface area contributed by atoms with Crippen LogP contribution in [0.2, 0.25) is 0 Å². The molecule has 0 radical (unpaired) electrons. The number of carbonyl (C=O) groups excluding carboxylic acids is 1. The van der Waals surface area contributed by atoms with E-state index in [9.17, 15) is 13.2 Å².